The molecular weight excluding hydrogens is 426 g/mol. The molecule has 0 aliphatic rings. The smallest absolute Gasteiger partial charge is 0.266 e. The molecule has 0 fully saturated rings. The van der Waals surface area contributed by atoms with Crippen LogP contribution >= 0.6 is 11.6 Å². The number of nitrogens with one attached hydrogen (secondary N) is 1. The number of nitrogens with zero attached hydrogens (tertiary/aromatic N) is 4. The average molecular weight is 444 g/mol. The minimum absolute atomic E-state index is 0.0154. The Morgan fingerprint density at radius 3 is 2.53 bits per heavy atom. The molecule has 154 valence electrons. The number of aromatic nitrogens is 4. The summed E-state index contributed by atoms with van der Waals surface area (Å²) >= 11 is 6.31. The molecule has 3 aromatic heterocycles. The molecule has 0 spiro atoms. The SMILES string of the molecule is Cc1cc(C(=O)NS(C)(=O)=O)nn1Cc1cc(Cl)cc2cc(-c3ccccc3)nn12. The lowest BCUT2D eigenvalue weighted by molar-refractivity contribution is 0.0976. The summed E-state index contributed by atoms with van der Waals surface area (Å²) in [6.45, 7) is 2.08. The Bertz CT molecular complexity index is 1360. The van der Waals surface area contributed by atoms with Gasteiger partial charge in [0.25, 0.3) is 5.91 Å². The highest BCUT2D eigenvalue weighted by Crippen LogP contribution is 2.24. The van der Waals surface area contributed by atoms with E-state index < -0.39 is 15.9 Å². The Morgan fingerprint density at radius 2 is 1.83 bits per heavy atom. The maximum absolute atomic E-state index is 12.1. The largest absolute Gasteiger partial charge is 0.285 e. The van der Waals surface area contributed by atoms with E-state index in [1.807, 2.05) is 47.2 Å². The number of hydrogen-bond donors (Lipinski definition) is 1. The van der Waals surface area contributed by atoms with Crippen molar-refractivity contribution in [3.8, 4) is 11.3 Å². The molecule has 0 bridgehead atoms. The van der Waals surface area contributed by atoms with E-state index in [1.54, 1.807) is 22.2 Å². The molecule has 1 amide bonds. The quantitative estimate of drug-likeness (QED) is 0.511. The normalized spacial score (nSPS) is 11.7. The van der Waals surface area contributed by atoms with E-state index >= 15 is 0 Å². The van der Waals surface area contributed by atoms with Crippen LogP contribution in [-0.4, -0.2) is 40.0 Å². The molecule has 1 aromatic carbocycles. The third-order valence-corrected chi connectivity index (χ3v) is 5.25. The van der Waals surface area contributed by atoms with Crippen LogP contribution in [0.1, 0.15) is 21.9 Å². The van der Waals surface area contributed by atoms with Crippen LogP contribution in [0, 0.1) is 6.92 Å². The first-order valence-corrected chi connectivity index (χ1v) is 11.3. The molecule has 0 atom stereocenters. The molecule has 0 radical (unpaired) electrons. The molecule has 0 saturated heterocycles. The molecular formula is C20H18ClN5O3S. The Hall–Kier alpha value is -3.17. The number of fused-ring (bicyclic) bond motifs is 1. The first-order valence-electron chi connectivity index (χ1n) is 9.00. The first kappa shape index (κ1) is 20.1. The second-order valence-electron chi connectivity index (χ2n) is 6.93. The Labute approximate surface area is 178 Å². The summed E-state index contributed by atoms with van der Waals surface area (Å²) in [6.07, 6.45) is 0.916. The van der Waals surface area contributed by atoms with Crippen molar-refractivity contribution >= 4 is 33.0 Å². The van der Waals surface area contributed by atoms with Gasteiger partial charge < -0.3 is 0 Å². The number of carbonyl (C=O) groups is 1. The molecule has 10 heteroatoms. The fourth-order valence-corrected chi connectivity index (χ4v) is 3.83. The van der Waals surface area contributed by atoms with Crippen LogP contribution in [0.25, 0.3) is 16.8 Å². The number of rotatable bonds is 5. The minimum Gasteiger partial charge on any atom is -0.266 e. The average Bonchev–Trinajstić information content (AvgIpc) is 3.25. The second kappa shape index (κ2) is 7.58. The Kier molecular flexibility index (Phi) is 5.08. The molecule has 0 aliphatic heterocycles. The lowest BCUT2D eigenvalue weighted by Gasteiger charge is -2.08. The molecule has 1 N–H and O–H groups in total. The van der Waals surface area contributed by atoms with Gasteiger partial charge in [-0.1, -0.05) is 41.9 Å². The fourth-order valence-electron chi connectivity index (χ4n) is 3.15. The number of pyridine rings is 1. The Morgan fingerprint density at radius 1 is 1.10 bits per heavy atom. The van der Waals surface area contributed by atoms with Crippen LogP contribution in [0.3, 0.4) is 0 Å². The van der Waals surface area contributed by atoms with Gasteiger partial charge in [-0.05, 0) is 31.2 Å². The lowest BCUT2D eigenvalue weighted by atomic mass is 10.1. The number of benzene rings is 1. The summed E-state index contributed by atoms with van der Waals surface area (Å²) in [5.74, 6) is -0.777. The highest BCUT2D eigenvalue weighted by molar-refractivity contribution is 7.89. The van der Waals surface area contributed by atoms with Crippen LogP contribution in [-0.2, 0) is 16.6 Å². The summed E-state index contributed by atoms with van der Waals surface area (Å²) in [4.78, 5) is 12.1. The molecule has 4 rings (SSSR count). The van der Waals surface area contributed by atoms with Crippen molar-refractivity contribution in [2.75, 3.05) is 6.26 Å². The van der Waals surface area contributed by atoms with Crippen molar-refractivity contribution < 1.29 is 13.2 Å². The number of sulfonamides is 1. The topological polar surface area (TPSA) is 98.4 Å². The van der Waals surface area contributed by atoms with Crippen molar-refractivity contribution in [2.24, 2.45) is 0 Å². The van der Waals surface area contributed by atoms with Gasteiger partial charge in [-0.15, -0.1) is 0 Å². The number of amides is 1. The summed E-state index contributed by atoms with van der Waals surface area (Å²) in [6, 6.07) is 16.9. The van der Waals surface area contributed by atoms with Crippen molar-refractivity contribution in [3.05, 3.63) is 76.7 Å². The predicted molar refractivity (Wildman–Crippen MR) is 114 cm³/mol. The highest BCUT2D eigenvalue weighted by atomic mass is 35.5. The molecule has 3 heterocycles. The van der Waals surface area contributed by atoms with Gasteiger partial charge in [-0.25, -0.2) is 17.7 Å². The lowest BCUT2D eigenvalue weighted by Crippen LogP contribution is -2.29. The van der Waals surface area contributed by atoms with Gasteiger partial charge in [0.05, 0.1) is 29.7 Å². The van der Waals surface area contributed by atoms with Gasteiger partial charge in [0.2, 0.25) is 10.0 Å². The molecule has 30 heavy (non-hydrogen) atoms. The summed E-state index contributed by atoms with van der Waals surface area (Å²) in [5.41, 5.74) is 4.10. The zero-order chi connectivity index (χ0) is 21.5. The van der Waals surface area contributed by atoms with Gasteiger partial charge in [0, 0.05) is 16.3 Å². The summed E-state index contributed by atoms with van der Waals surface area (Å²) in [5, 5.41) is 9.50. The number of aryl methyl sites for hydroxylation is 1. The summed E-state index contributed by atoms with van der Waals surface area (Å²) in [7, 11) is -3.67. The van der Waals surface area contributed by atoms with Crippen molar-refractivity contribution in [1.82, 2.24) is 24.1 Å². The third-order valence-electron chi connectivity index (χ3n) is 4.47. The Balaban J connectivity index is 1.71. The number of carbonyl (C=O) groups excluding carboxylic acids is 1. The summed E-state index contributed by atoms with van der Waals surface area (Å²) < 4.78 is 27.9. The maximum atomic E-state index is 12.1. The predicted octanol–water partition coefficient (Wildman–Crippen LogP) is 2.90. The molecule has 8 nitrogen and oxygen atoms in total. The zero-order valence-electron chi connectivity index (χ0n) is 16.2. The molecule has 0 aliphatic carbocycles. The van der Waals surface area contributed by atoms with Crippen molar-refractivity contribution in [1.29, 1.82) is 0 Å². The monoisotopic (exact) mass is 443 g/mol. The van der Waals surface area contributed by atoms with E-state index in [0.717, 1.165) is 28.7 Å². The maximum Gasteiger partial charge on any atom is 0.285 e. The molecule has 0 unspecified atom stereocenters. The molecule has 4 aromatic rings. The number of hydrogen-bond acceptors (Lipinski definition) is 5. The zero-order valence-corrected chi connectivity index (χ0v) is 17.8. The van der Waals surface area contributed by atoms with E-state index in [4.69, 9.17) is 16.7 Å². The second-order valence-corrected chi connectivity index (χ2v) is 9.11. The van der Waals surface area contributed by atoms with Crippen molar-refractivity contribution in [3.63, 3.8) is 0 Å². The molecule has 0 saturated carbocycles. The van der Waals surface area contributed by atoms with Gasteiger partial charge in [-0.2, -0.15) is 10.2 Å². The van der Waals surface area contributed by atoms with Crippen LogP contribution in [0.15, 0.2) is 54.6 Å². The van der Waals surface area contributed by atoms with Crippen LogP contribution < -0.4 is 4.72 Å². The van der Waals surface area contributed by atoms with Crippen LogP contribution in [0.5, 0.6) is 0 Å². The first-order chi connectivity index (χ1) is 14.2. The van der Waals surface area contributed by atoms with Gasteiger partial charge in [0.1, 0.15) is 0 Å². The third kappa shape index (κ3) is 4.22. The van der Waals surface area contributed by atoms with Crippen molar-refractivity contribution in [2.45, 2.75) is 13.5 Å². The standard InChI is InChI=1S/C20H18ClN5O3S/c1-13-8-19(20(27)24-30(2,28)29)22-25(13)12-17-10-15(21)9-16-11-18(23-26(16)17)14-6-4-3-5-7-14/h3-11H,12H2,1-2H3,(H,24,27). The van der Waals surface area contributed by atoms with E-state index in [0.29, 0.717) is 17.3 Å². The van der Waals surface area contributed by atoms with Gasteiger partial charge >= 0.3 is 0 Å². The van der Waals surface area contributed by atoms with Crippen LogP contribution in [0.2, 0.25) is 5.02 Å². The van der Waals surface area contributed by atoms with Crippen LogP contribution in [0.4, 0.5) is 0 Å². The minimum atomic E-state index is -3.67. The highest BCUT2D eigenvalue weighted by Gasteiger charge is 2.17. The van der Waals surface area contributed by atoms with E-state index in [9.17, 15) is 13.2 Å². The number of halogens is 1. The van der Waals surface area contributed by atoms with Gasteiger partial charge in [-0.3, -0.25) is 9.48 Å². The van der Waals surface area contributed by atoms with E-state index in [-0.39, 0.29) is 5.69 Å². The fraction of sp³-hybridized carbons (Fsp3) is 0.150. The van der Waals surface area contributed by atoms with E-state index in [1.165, 1.54) is 6.07 Å². The van der Waals surface area contributed by atoms with Gasteiger partial charge in [0.15, 0.2) is 5.69 Å². The van der Waals surface area contributed by atoms with E-state index in [2.05, 4.69) is 5.10 Å².